The molecule has 0 bridgehead atoms. The van der Waals surface area contributed by atoms with Crippen molar-refractivity contribution < 1.29 is 24.0 Å². The summed E-state index contributed by atoms with van der Waals surface area (Å²) in [6.45, 7) is 0. The summed E-state index contributed by atoms with van der Waals surface area (Å²) in [7, 11) is 2.36. The highest BCUT2D eigenvalue weighted by Crippen LogP contribution is 2.27. The quantitative estimate of drug-likeness (QED) is 0.348. The second-order valence-electron chi connectivity index (χ2n) is 4.16. The maximum absolute atomic E-state index is 11.6. The van der Waals surface area contributed by atoms with Gasteiger partial charge in [0.15, 0.2) is 0 Å². The number of carbonyl (C=O) groups is 2. The molecule has 0 fully saturated rings. The van der Waals surface area contributed by atoms with Gasteiger partial charge in [-0.15, -0.1) is 0 Å². The van der Waals surface area contributed by atoms with Crippen molar-refractivity contribution in [3.63, 3.8) is 0 Å². The number of esters is 2. The number of carbonyl (C=O) groups excluding carboxylic acids is 2. The Kier molecular flexibility index (Phi) is 6.94. The highest BCUT2D eigenvalue weighted by Gasteiger charge is 2.17. The van der Waals surface area contributed by atoms with Crippen molar-refractivity contribution in [1.82, 2.24) is 0 Å². The third kappa shape index (κ3) is 5.55. The van der Waals surface area contributed by atoms with Crippen LogP contribution in [-0.4, -0.2) is 36.8 Å². The van der Waals surface area contributed by atoms with Crippen molar-refractivity contribution >= 4 is 40.6 Å². The minimum Gasteiger partial charge on any atom is -0.469 e. The van der Waals surface area contributed by atoms with Gasteiger partial charge in [0.25, 0.3) is 5.69 Å². The molecule has 124 valence electrons. The van der Waals surface area contributed by atoms with Crippen LogP contribution >= 0.6 is 11.6 Å². The van der Waals surface area contributed by atoms with E-state index in [9.17, 15) is 19.7 Å². The molecule has 1 rings (SSSR count). The fourth-order valence-corrected chi connectivity index (χ4v) is 1.70. The van der Waals surface area contributed by atoms with Gasteiger partial charge in [-0.3, -0.25) is 20.3 Å². The summed E-state index contributed by atoms with van der Waals surface area (Å²) >= 11 is 5.78. The van der Waals surface area contributed by atoms with E-state index in [1.807, 2.05) is 0 Å². The Labute approximate surface area is 136 Å². The van der Waals surface area contributed by atoms with Crippen molar-refractivity contribution in [1.29, 1.82) is 0 Å². The highest BCUT2D eigenvalue weighted by molar-refractivity contribution is 6.36. The standard InChI is InChI=1S/C13H14ClN3O6/c1-22-12(18)6-4-9(13(19)23-2)15-16-10-7-8(14)3-5-11(10)17(20)21/h3,5,7,16H,4,6H2,1-2H3/b15-9-. The predicted octanol–water partition coefficient (Wildman–Crippen LogP) is 2.14. The number of rotatable bonds is 7. The van der Waals surface area contributed by atoms with Crippen LogP contribution in [0.25, 0.3) is 0 Å². The lowest BCUT2D eigenvalue weighted by atomic mass is 10.2. The fourth-order valence-electron chi connectivity index (χ4n) is 1.53. The third-order valence-electron chi connectivity index (χ3n) is 2.68. The van der Waals surface area contributed by atoms with Crippen LogP contribution in [0.15, 0.2) is 23.3 Å². The normalized spacial score (nSPS) is 10.8. The minimum atomic E-state index is -0.772. The second-order valence-corrected chi connectivity index (χ2v) is 4.59. The zero-order valence-electron chi connectivity index (χ0n) is 12.4. The molecule has 10 heteroatoms. The van der Waals surface area contributed by atoms with E-state index in [4.69, 9.17) is 11.6 Å². The van der Waals surface area contributed by atoms with E-state index in [1.165, 1.54) is 25.3 Å². The van der Waals surface area contributed by atoms with E-state index in [0.29, 0.717) is 0 Å². The van der Waals surface area contributed by atoms with Crippen LogP contribution in [0, 0.1) is 10.1 Å². The lowest BCUT2D eigenvalue weighted by Crippen LogP contribution is -2.19. The second kappa shape index (κ2) is 8.69. The van der Waals surface area contributed by atoms with Crippen LogP contribution in [-0.2, 0) is 19.1 Å². The van der Waals surface area contributed by atoms with Crippen LogP contribution in [0.4, 0.5) is 11.4 Å². The summed E-state index contributed by atoms with van der Waals surface area (Å²) in [6, 6.07) is 3.85. The van der Waals surface area contributed by atoms with Crippen LogP contribution in [0.1, 0.15) is 12.8 Å². The number of nitro benzene ring substituents is 1. The van der Waals surface area contributed by atoms with Gasteiger partial charge in [0.05, 0.1) is 25.6 Å². The third-order valence-corrected chi connectivity index (χ3v) is 2.92. The lowest BCUT2D eigenvalue weighted by Gasteiger charge is -2.06. The largest absolute Gasteiger partial charge is 0.469 e. The lowest BCUT2D eigenvalue weighted by molar-refractivity contribution is -0.384. The topological polar surface area (TPSA) is 120 Å². The molecule has 1 N–H and O–H groups in total. The molecule has 23 heavy (non-hydrogen) atoms. The number of nitrogens with zero attached hydrogens (tertiary/aromatic N) is 2. The molecule has 0 atom stereocenters. The van der Waals surface area contributed by atoms with Crippen molar-refractivity contribution in [2.45, 2.75) is 12.8 Å². The molecular formula is C13H14ClN3O6. The number of hydrogen-bond acceptors (Lipinski definition) is 8. The fraction of sp³-hybridized carbons (Fsp3) is 0.308. The zero-order valence-corrected chi connectivity index (χ0v) is 13.1. The van der Waals surface area contributed by atoms with Crippen LogP contribution in [0.3, 0.4) is 0 Å². The molecular weight excluding hydrogens is 330 g/mol. The molecule has 1 aromatic carbocycles. The number of ether oxygens (including phenoxy) is 2. The molecule has 9 nitrogen and oxygen atoms in total. The maximum Gasteiger partial charge on any atom is 0.354 e. The molecule has 0 aliphatic carbocycles. The van der Waals surface area contributed by atoms with Gasteiger partial charge < -0.3 is 9.47 Å². The summed E-state index contributed by atoms with van der Waals surface area (Å²) < 4.78 is 9.02. The van der Waals surface area contributed by atoms with E-state index in [1.54, 1.807) is 0 Å². The number of nitrogens with one attached hydrogen (secondary N) is 1. The molecule has 0 heterocycles. The molecule has 0 radical (unpaired) electrons. The first-order valence-electron chi connectivity index (χ1n) is 6.30. The number of halogens is 1. The molecule has 0 aliphatic rings. The van der Waals surface area contributed by atoms with Gasteiger partial charge in [-0.1, -0.05) is 11.6 Å². The Morgan fingerprint density at radius 1 is 1.30 bits per heavy atom. The number of anilines is 1. The molecule has 0 amide bonds. The van der Waals surface area contributed by atoms with Gasteiger partial charge in [-0.2, -0.15) is 5.10 Å². The van der Waals surface area contributed by atoms with Gasteiger partial charge in [-0.05, 0) is 12.1 Å². The Balaban J connectivity index is 3.00. The number of benzene rings is 1. The van der Waals surface area contributed by atoms with Gasteiger partial charge in [-0.25, -0.2) is 4.79 Å². The van der Waals surface area contributed by atoms with E-state index in [2.05, 4.69) is 20.0 Å². The number of hydrazone groups is 1. The van der Waals surface area contributed by atoms with Crippen LogP contribution in [0.2, 0.25) is 5.02 Å². The van der Waals surface area contributed by atoms with Crippen molar-refractivity contribution in [2.24, 2.45) is 5.10 Å². The van der Waals surface area contributed by atoms with Gasteiger partial charge >= 0.3 is 11.9 Å². The molecule has 0 saturated heterocycles. The highest BCUT2D eigenvalue weighted by atomic mass is 35.5. The summed E-state index contributed by atoms with van der Waals surface area (Å²) in [5.41, 5.74) is 2.02. The van der Waals surface area contributed by atoms with Crippen LogP contribution in [0.5, 0.6) is 0 Å². The summed E-state index contributed by atoms with van der Waals surface area (Å²) in [5, 5.41) is 15.0. The molecule has 1 aromatic rings. The molecule has 0 spiro atoms. The van der Waals surface area contributed by atoms with Gasteiger partial charge in [0.1, 0.15) is 11.4 Å². The average Bonchev–Trinajstić information content (AvgIpc) is 2.53. The predicted molar refractivity (Wildman–Crippen MR) is 82.4 cm³/mol. The molecule has 0 unspecified atom stereocenters. The monoisotopic (exact) mass is 343 g/mol. The number of nitro groups is 1. The maximum atomic E-state index is 11.6. The minimum absolute atomic E-state index is 0.00183. The average molecular weight is 344 g/mol. The number of hydrogen-bond donors (Lipinski definition) is 1. The van der Waals surface area contributed by atoms with E-state index in [0.717, 1.165) is 7.11 Å². The Bertz CT molecular complexity index is 647. The summed E-state index contributed by atoms with van der Waals surface area (Å²) in [6.07, 6.45) is -0.148. The molecule has 0 aliphatic heterocycles. The summed E-state index contributed by atoms with van der Waals surface area (Å²) in [5.74, 6) is -1.30. The first-order valence-corrected chi connectivity index (χ1v) is 6.68. The van der Waals surface area contributed by atoms with E-state index >= 15 is 0 Å². The number of methoxy groups -OCH3 is 2. The van der Waals surface area contributed by atoms with Crippen LogP contribution < -0.4 is 5.43 Å². The van der Waals surface area contributed by atoms with E-state index < -0.39 is 16.9 Å². The van der Waals surface area contributed by atoms with Gasteiger partial charge in [0.2, 0.25) is 0 Å². The van der Waals surface area contributed by atoms with E-state index in [-0.39, 0.29) is 35.0 Å². The zero-order chi connectivity index (χ0) is 17.4. The summed E-state index contributed by atoms with van der Waals surface area (Å²) in [4.78, 5) is 33.1. The first-order chi connectivity index (χ1) is 10.9. The Morgan fingerprint density at radius 2 is 2.00 bits per heavy atom. The first kappa shape index (κ1) is 18.4. The Morgan fingerprint density at radius 3 is 2.57 bits per heavy atom. The molecule has 0 saturated carbocycles. The smallest absolute Gasteiger partial charge is 0.354 e. The Hall–Kier alpha value is -2.68. The SMILES string of the molecule is COC(=O)CC/C(=N/Nc1cc(Cl)ccc1[N+](=O)[O-])C(=O)OC. The molecule has 0 aromatic heterocycles. The van der Waals surface area contributed by atoms with Crippen molar-refractivity contribution in [2.75, 3.05) is 19.6 Å². The van der Waals surface area contributed by atoms with Gasteiger partial charge in [0, 0.05) is 17.5 Å². The van der Waals surface area contributed by atoms with Crippen molar-refractivity contribution in [3.05, 3.63) is 33.3 Å². The van der Waals surface area contributed by atoms with Crippen molar-refractivity contribution in [3.8, 4) is 0 Å².